The van der Waals surface area contributed by atoms with Crippen molar-refractivity contribution in [2.24, 2.45) is 5.41 Å². The summed E-state index contributed by atoms with van der Waals surface area (Å²) in [7, 11) is 1.84. The van der Waals surface area contributed by atoms with Crippen molar-refractivity contribution in [1.29, 1.82) is 0 Å². The molecule has 3 nitrogen and oxygen atoms in total. The van der Waals surface area contributed by atoms with E-state index in [1.54, 1.807) is 0 Å². The molecule has 0 bridgehead atoms. The molecule has 0 aromatic heterocycles. The zero-order valence-electron chi connectivity index (χ0n) is 8.21. The third-order valence-electron chi connectivity index (χ3n) is 3.76. The summed E-state index contributed by atoms with van der Waals surface area (Å²) < 4.78 is 23.6. The topological polar surface area (TPSA) is 37.4 Å². The van der Waals surface area contributed by atoms with Gasteiger partial charge < -0.3 is 0 Å². The number of rotatable bonds is 1. The first-order chi connectivity index (χ1) is 6.52. The van der Waals surface area contributed by atoms with Gasteiger partial charge in [-0.15, -0.1) is 0 Å². The van der Waals surface area contributed by atoms with Crippen molar-refractivity contribution >= 4 is 19.9 Å². The lowest BCUT2D eigenvalue weighted by Gasteiger charge is -2.37. The number of nitrogens with zero attached hydrogens (tertiary/aromatic N) is 1. The molecule has 1 aliphatic carbocycles. The van der Waals surface area contributed by atoms with Crippen LogP contribution in [0.3, 0.4) is 0 Å². The van der Waals surface area contributed by atoms with E-state index in [0.29, 0.717) is 18.5 Å². The van der Waals surface area contributed by atoms with Crippen LogP contribution in [0.2, 0.25) is 0 Å². The Kier molecular flexibility index (Phi) is 2.79. The molecule has 82 valence electrons. The number of halogens is 1. The lowest BCUT2D eigenvalue weighted by molar-refractivity contribution is 0.162. The van der Waals surface area contributed by atoms with E-state index in [0.717, 1.165) is 12.8 Å². The minimum atomic E-state index is -3.47. The van der Waals surface area contributed by atoms with Gasteiger partial charge in [0.25, 0.3) is 9.24 Å². The summed E-state index contributed by atoms with van der Waals surface area (Å²) in [6.45, 7) is 1.23. The van der Waals surface area contributed by atoms with Gasteiger partial charge in [-0.2, -0.15) is 12.7 Å². The second-order valence-electron chi connectivity index (χ2n) is 4.55. The van der Waals surface area contributed by atoms with Crippen molar-refractivity contribution in [3.63, 3.8) is 0 Å². The van der Waals surface area contributed by atoms with Gasteiger partial charge in [-0.25, -0.2) is 0 Å². The van der Waals surface area contributed by atoms with Gasteiger partial charge >= 0.3 is 0 Å². The highest BCUT2D eigenvalue weighted by atomic mass is 35.7. The second-order valence-corrected chi connectivity index (χ2v) is 7.06. The molecule has 5 heteroatoms. The Labute approximate surface area is 90.0 Å². The van der Waals surface area contributed by atoms with Gasteiger partial charge in [0.05, 0.1) is 0 Å². The second kappa shape index (κ2) is 3.65. The number of hydrogen-bond donors (Lipinski definition) is 0. The van der Waals surface area contributed by atoms with Crippen LogP contribution in [0.1, 0.15) is 38.5 Å². The fourth-order valence-corrected chi connectivity index (χ4v) is 3.84. The molecule has 14 heavy (non-hydrogen) atoms. The standard InChI is InChI=1S/C9H16ClNO2S/c10-14(12,13)11-7-5-9(6-8-11)3-1-2-4-9/h1-8H2. The predicted molar refractivity (Wildman–Crippen MR) is 56.5 cm³/mol. The highest BCUT2D eigenvalue weighted by molar-refractivity contribution is 8.11. The molecule has 0 unspecified atom stereocenters. The summed E-state index contributed by atoms with van der Waals surface area (Å²) in [5, 5.41) is 0. The van der Waals surface area contributed by atoms with E-state index in [4.69, 9.17) is 10.7 Å². The molecule has 0 aromatic rings. The van der Waals surface area contributed by atoms with Crippen LogP contribution in [0.4, 0.5) is 0 Å². The van der Waals surface area contributed by atoms with Gasteiger partial charge in [0.1, 0.15) is 0 Å². The fraction of sp³-hybridized carbons (Fsp3) is 1.00. The molecule has 0 aromatic carbocycles. The molecule has 1 aliphatic heterocycles. The Balaban J connectivity index is 1.98. The smallest absolute Gasteiger partial charge is 0.195 e. The monoisotopic (exact) mass is 237 g/mol. The first-order valence-electron chi connectivity index (χ1n) is 5.22. The SMILES string of the molecule is O=S(=O)(Cl)N1CCC2(CCCC2)CC1. The van der Waals surface area contributed by atoms with Crippen LogP contribution in [-0.2, 0) is 9.24 Å². The van der Waals surface area contributed by atoms with Crippen molar-refractivity contribution in [3.8, 4) is 0 Å². The molecular formula is C9H16ClNO2S. The Bertz CT molecular complexity index is 299. The quantitative estimate of drug-likeness (QED) is 0.656. The maximum atomic E-state index is 11.1. The molecule has 2 fully saturated rings. The van der Waals surface area contributed by atoms with Gasteiger partial charge in [-0.05, 0) is 31.1 Å². The Morgan fingerprint density at radius 3 is 1.93 bits per heavy atom. The van der Waals surface area contributed by atoms with E-state index in [1.165, 1.54) is 30.0 Å². The maximum absolute atomic E-state index is 11.1. The van der Waals surface area contributed by atoms with E-state index >= 15 is 0 Å². The molecule has 2 aliphatic rings. The molecule has 0 amide bonds. The number of hydrogen-bond acceptors (Lipinski definition) is 2. The lowest BCUT2D eigenvalue weighted by Crippen LogP contribution is -2.40. The summed E-state index contributed by atoms with van der Waals surface area (Å²) in [4.78, 5) is 0. The first kappa shape index (κ1) is 10.7. The fourth-order valence-electron chi connectivity index (χ4n) is 2.80. The van der Waals surface area contributed by atoms with Crippen molar-refractivity contribution < 1.29 is 8.42 Å². The molecule has 0 N–H and O–H groups in total. The van der Waals surface area contributed by atoms with E-state index in [9.17, 15) is 8.42 Å². The van der Waals surface area contributed by atoms with Crippen molar-refractivity contribution in [1.82, 2.24) is 4.31 Å². The molecule has 1 heterocycles. The average Bonchev–Trinajstić information content (AvgIpc) is 2.53. The van der Waals surface area contributed by atoms with Gasteiger partial charge in [-0.1, -0.05) is 12.8 Å². The van der Waals surface area contributed by atoms with E-state index in [1.807, 2.05) is 0 Å². The first-order valence-corrected chi connectivity index (χ1v) is 7.48. The summed E-state index contributed by atoms with van der Waals surface area (Å²) >= 11 is 0. The Morgan fingerprint density at radius 1 is 1.00 bits per heavy atom. The third-order valence-corrected chi connectivity index (χ3v) is 5.32. The summed E-state index contributed by atoms with van der Waals surface area (Å²) in [6, 6.07) is 0. The van der Waals surface area contributed by atoms with Crippen LogP contribution in [0.5, 0.6) is 0 Å². The van der Waals surface area contributed by atoms with Crippen LogP contribution >= 0.6 is 10.7 Å². The lowest BCUT2D eigenvalue weighted by atomic mass is 9.78. The normalized spacial score (nSPS) is 28.4. The van der Waals surface area contributed by atoms with E-state index in [2.05, 4.69) is 0 Å². The van der Waals surface area contributed by atoms with Crippen LogP contribution < -0.4 is 0 Å². The highest BCUT2D eigenvalue weighted by Crippen LogP contribution is 2.46. The van der Waals surface area contributed by atoms with Crippen LogP contribution in [0.15, 0.2) is 0 Å². The third kappa shape index (κ3) is 2.07. The van der Waals surface area contributed by atoms with Crippen LogP contribution in [0, 0.1) is 5.41 Å². The van der Waals surface area contributed by atoms with Gasteiger partial charge in [0.2, 0.25) is 0 Å². The molecular weight excluding hydrogens is 222 g/mol. The van der Waals surface area contributed by atoms with Gasteiger partial charge in [0.15, 0.2) is 0 Å². The minimum Gasteiger partial charge on any atom is -0.195 e. The molecule has 2 rings (SSSR count). The van der Waals surface area contributed by atoms with Gasteiger partial charge in [0, 0.05) is 23.8 Å². The maximum Gasteiger partial charge on any atom is 0.299 e. The van der Waals surface area contributed by atoms with Gasteiger partial charge in [-0.3, -0.25) is 0 Å². The number of piperidine rings is 1. The van der Waals surface area contributed by atoms with Crippen molar-refractivity contribution in [3.05, 3.63) is 0 Å². The molecule has 1 saturated carbocycles. The minimum absolute atomic E-state index is 0.456. The van der Waals surface area contributed by atoms with Crippen LogP contribution in [0.25, 0.3) is 0 Å². The Morgan fingerprint density at radius 2 is 1.50 bits per heavy atom. The van der Waals surface area contributed by atoms with E-state index in [-0.39, 0.29) is 0 Å². The predicted octanol–water partition coefficient (Wildman–Crippen LogP) is 2.13. The average molecular weight is 238 g/mol. The summed E-state index contributed by atoms with van der Waals surface area (Å²) in [5.41, 5.74) is 0.456. The largest absolute Gasteiger partial charge is 0.299 e. The molecule has 0 atom stereocenters. The molecule has 1 spiro atoms. The molecule has 0 radical (unpaired) electrons. The zero-order valence-corrected chi connectivity index (χ0v) is 9.78. The Hall–Kier alpha value is 0.200. The van der Waals surface area contributed by atoms with Crippen LogP contribution in [-0.4, -0.2) is 25.8 Å². The highest BCUT2D eigenvalue weighted by Gasteiger charge is 2.39. The molecule has 1 saturated heterocycles. The van der Waals surface area contributed by atoms with Crippen molar-refractivity contribution in [2.45, 2.75) is 38.5 Å². The summed E-state index contributed by atoms with van der Waals surface area (Å²) in [6.07, 6.45) is 7.19. The van der Waals surface area contributed by atoms with E-state index < -0.39 is 9.24 Å². The van der Waals surface area contributed by atoms with Crippen molar-refractivity contribution in [2.75, 3.05) is 13.1 Å². The zero-order chi connectivity index (χ0) is 10.2. The summed E-state index contributed by atoms with van der Waals surface area (Å²) in [5.74, 6) is 0.